The fourth-order valence-corrected chi connectivity index (χ4v) is 3.34. The normalized spacial score (nSPS) is 14.6. The predicted molar refractivity (Wildman–Crippen MR) is 124 cm³/mol. The summed E-state index contributed by atoms with van der Waals surface area (Å²) in [6.07, 6.45) is 9.41. The van der Waals surface area contributed by atoms with Crippen LogP contribution >= 0.6 is 0 Å². The Bertz CT molecular complexity index is 450. The van der Waals surface area contributed by atoms with Crippen LogP contribution in [-0.2, 0) is 19.1 Å². The van der Waals surface area contributed by atoms with Gasteiger partial charge in [-0.1, -0.05) is 80.1 Å². The zero-order valence-electron chi connectivity index (χ0n) is 20.6. The van der Waals surface area contributed by atoms with E-state index in [-0.39, 0.29) is 18.8 Å². The molecular formula is C25H49NO4. The molecule has 0 aromatic heterocycles. The Labute approximate surface area is 185 Å². The lowest BCUT2D eigenvalue weighted by Gasteiger charge is -2.15. The standard InChI is InChI=1S/C25H49NO4/c1-19(2)9-7-11-21(5)15-17-29-24(27)14-13-23(26)25(28)30-18-16-22(6)12-8-10-20(3)4/h19-23H,7-18,26H2,1-6H3. The van der Waals surface area contributed by atoms with Gasteiger partial charge in [0.1, 0.15) is 6.04 Å². The number of hydrogen-bond acceptors (Lipinski definition) is 5. The van der Waals surface area contributed by atoms with Crippen molar-refractivity contribution < 1.29 is 19.1 Å². The molecule has 0 aliphatic carbocycles. The highest BCUT2D eigenvalue weighted by molar-refractivity contribution is 5.77. The van der Waals surface area contributed by atoms with E-state index in [0.29, 0.717) is 25.0 Å². The van der Waals surface area contributed by atoms with E-state index in [1.54, 1.807) is 0 Å². The van der Waals surface area contributed by atoms with Crippen molar-refractivity contribution in [2.24, 2.45) is 29.4 Å². The summed E-state index contributed by atoms with van der Waals surface area (Å²) in [7, 11) is 0. The predicted octanol–water partition coefficient (Wildman–Crippen LogP) is 5.89. The van der Waals surface area contributed by atoms with Crippen molar-refractivity contribution in [1.82, 2.24) is 0 Å². The van der Waals surface area contributed by atoms with Gasteiger partial charge in [-0.25, -0.2) is 0 Å². The van der Waals surface area contributed by atoms with Gasteiger partial charge in [-0.3, -0.25) is 9.59 Å². The van der Waals surface area contributed by atoms with E-state index in [2.05, 4.69) is 41.5 Å². The number of hydrogen-bond donors (Lipinski definition) is 1. The summed E-state index contributed by atoms with van der Waals surface area (Å²) in [5, 5.41) is 0. The van der Waals surface area contributed by atoms with Crippen LogP contribution in [0.2, 0.25) is 0 Å². The summed E-state index contributed by atoms with van der Waals surface area (Å²) < 4.78 is 10.6. The maximum atomic E-state index is 12.0. The van der Waals surface area contributed by atoms with Gasteiger partial charge in [0.2, 0.25) is 0 Å². The molecule has 0 saturated carbocycles. The second kappa shape index (κ2) is 17.6. The van der Waals surface area contributed by atoms with E-state index in [0.717, 1.165) is 31.1 Å². The average Bonchev–Trinajstić information content (AvgIpc) is 2.65. The molecular weight excluding hydrogens is 378 g/mol. The SMILES string of the molecule is CC(C)CCCC(C)CCOC(=O)CCC(N)C(=O)OCCC(C)CCCC(C)C. The number of carbonyl (C=O) groups excluding carboxylic acids is 2. The molecule has 178 valence electrons. The van der Waals surface area contributed by atoms with Crippen LogP contribution in [0.5, 0.6) is 0 Å². The van der Waals surface area contributed by atoms with E-state index in [4.69, 9.17) is 15.2 Å². The zero-order chi connectivity index (χ0) is 22.9. The third-order valence-electron chi connectivity index (χ3n) is 5.65. The van der Waals surface area contributed by atoms with Gasteiger partial charge in [0, 0.05) is 6.42 Å². The summed E-state index contributed by atoms with van der Waals surface area (Å²) in [4.78, 5) is 23.9. The maximum absolute atomic E-state index is 12.0. The van der Waals surface area contributed by atoms with Crippen molar-refractivity contribution in [2.45, 2.75) is 112 Å². The first kappa shape index (κ1) is 28.9. The van der Waals surface area contributed by atoms with Gasteiger partial charge in [-0.2, -0.15) is 0 Å². The second-order valence-electron chi connectivity index (χ2n) is 9.97. The van der Waals surface area contributed by atoms with Crippen molar-refractivity contribution in [3.8, 4) is 0 Å². The van der Waals surface area contributed by atoms with Gasteiger partial charge in [0.05, 0.1) is 13.2 Å². The van der Waals surface area contributed by atoms with E-state index < -0.39 is 12.0 Å². The highest BCUT2D eigenvalue weighted by Crippen LogP contribution is 2.16. The van der Waals surface area contributed by atoms with Gasteiger partial charge in [-0.05, 0) is 42.9 Å². The Morgan fingerprint density at radius 1 is 0.667 bits per heavy atom. The molecule has 0 bridgehead atoms. The van der Waals surface area contributed by atoms with E-state index in [9.17, 15) is 9.59 Å². The van der Waals surface area contributed by atoms with Gasteiger partial charge in [0.25, 0.3) is 0 Å². The molecule has 30 heavy (non-hydrogen) atoms. The van der Waals surface area contributed by atoms with Crippen molar-refractivity contribution in [3.63, 3.8) is 0 Å². The first-order chi connectivity index (χ1) is 14.1. The number of rotatable bonds is 18. The Morgan fingerprint density at radius 2 is 1.13 bits per heavy atom. The lowest BCUT2D eigenvalue weighted by atomic mass is 9.98. The number of ether oxygens (including phenoxy) is 2. The summed E-state index contributed by atoms with van der Waals surface area (Å²) in [5.74, 6) is 1.86. The fraction of sp³-hybridized carbons (Fsp3) is 0.920. The zero-order valence-corrected chi connectivity index (χ0v) is 20.6. The lowest BCUT2D eigenvalue weighted by molar-refractivity contribution is -0.147. The summed E-state index contributed by atoms with van der Waals surface area (Å²) in [6, 6.07) is -0.760. The van der Waals surface area contributed by atoms with Crippen LogP contribution in [0.4, 0.5) is 0 Å². The molecule has 0 aromatic carbocycles. The van der Waals surface area contributed by atoms with Gasteiger partial charge in [-0.15, -0.1) is 0 Å². The molecule has 3 unspecified atom stereocenters. The molecule has 3 atom stereocenters. The van der Waals surface area contributed by atoms with Crippen LogP contribution in [0, 0.1) is 23.7 Å². The molecule has 0 heterocycles. The monoisotopic (exact) mass is 427 g/mol. The summed E-state index contributed by atoms with van der Waals surface area (Å²) >= 11 is 0. The third kappa shape index (κ3) is 17.7. The summed E-state index contributed by atoms with van der Waals surface area (Å²) in [5.41, 5.74) is 5.87. The van der Waals surface area contributed by atoms with Crippen molar-refractivity contribution >= 4 is 11.9 Å². The van der Waals surface area contributed by atoms with E-state index in [1.165, 1.54) is 32.1 Å². The first-order valence-corrected chi connectivity index (χ1v) is 12.2. The highest BCUT2D eigenvalue weighted by Gasteiger charge is 2.17. The molecule has 5 heteroatoms. The Kier molecular flexibility index (Phi) is 16.9. The molecule has 0 fully saturated rings. The summed E-state index contributed by atoms with van der Waals surface area (Å²) in [6.45, 7) is 14.2. The topological polar surface area (TPSA) is 78.6 Å². The molecule has 0 aliphatic heterocycles. The minimum Gasteiger partial charge on any atom is -0.466 e. The van der Waals surface area contributed by atoms with Crippen LogP contribution in [0.3, 0.4) is 0 Å². The minimum atomic E-state index is -0.760. The first-order valence-electron chi connectivity index (χ1n) is 12.2. The van der Waals surface area contributed by atoms with Crippen LogP contribution < -0.4 is 5.73 Å². The lowest BCUT2D eigenvalue weighted by Crippen LogP contribution is -2.33. The van der Waals surface area contributed by atoms with E-state index >= 15 is 0 Å². The molecule has 0 aromatic rings. The Hall–Kier alpha value is -1.10. The van der Waals surface area contributed by atoms with Gasteiger partial charge >= 0.3 is 11.9 Å². The number of nitrogens with two attached hydrogens (primary N) is 1. The van der Waals surface area contributed by atoms with Crippen molar-refractivity contribution in [3.05, 3.63) is 0 Å². The number of carbonyl (C=O) groups is 2. The van der Waals surface area contributed by atoms with Crippen LogP contribution in [0.15, 0.2) is 0 Å². The molecule has 5 nitrogen and oxygen atoms in total. The smallest absolute Gasteiger partial charge is 0.322 e. The van der Waals surface area contributed by atoms with Crippen molar-refractivity contribution in [2.75, 3.05) is 13.2 Å². The Balaban J connectivity index is 3.78. The molecule has 0 radical (unpaired) electrons. The molecule has 0 aliphatic rings. The molecule has 0 spiro atoms. The van der Waals surface area contributed by atoms with Gasteiger partial charge in [0.15, 0.2) is 0 Å². The van der Waals surface area contributed by atoms with Gasteiger partial charge < -0.3 is 15.2 Å². The number of esters is 2. The average molecular weight is 428 g/mol. The molecule has 2 N–H and O–H groups in total. The Morgan fingerprint density at radius 3 is 1.60 bits per heavy atom. The fourth-order valence-electron chi connectivity index (χ4n) is 3.34. The van der Waals surface area contributed by atoms with Crippen LogP contribution in [0.25, 0.3) is 0 Å². The van der Waals surface area contributed by atoms with Crippen LogP contribution in [-0.4, -0.2) is 31.2 Å². The van der Waals surface area contributed by atoms with Crippen molar-refractivity contribution in [1.29, 1.82) is 0 Å². The third-order valence-corrected chi connectivity index (χ3v) is 5.65. The highest BCUT2D eigenvalue weighted by atomic mass is 16.5. The molecule has 0 amide bonds. The quantitative estimate of drug-likeness (QED) is 0.276. The maximum Gasteiger partial charge on any atom is 0.322 e. The van der Waals surface area contributed by atoms with E-state index in [1.807, 2.05) is 0 Å². The minimum absolute atomic E-state index is 0.156. The molecule has 0 rings (SSSR count). The molecule has 0 saturated heterocycles. The largest absolute Gasteiger partial charge is 0.466 e. The van der Waals surface area contributed by atoms with Crippen LogP contribution in [0.1, 0.15) is 106 Å². The second-order valence-corrected chi connectivity index (χ2v) is 9.97.